The highest BCUT2D eigenvalue weighted by Gasteiger charge is 2.50. The van der Waals surface area contributed by atoms with Crippen molar-refractivity contribution in [2.75, 3.05) is 19.6 Å². The van der Waals surface area contributed by atoms with Crippen LogP contribution in [0.3, 0.4) is 0 Å². The van der Waals surface area contributed by atoms with E-state index in [1.54, 1.807) is 11.3 Å². The number of likely N-dealkylation sites (tertiary alicyclic amines) is 2. The van der Waals surface area contributed by atoms with E-state index in [0.29, 0.717) is 12.5 Å². The second-order valence-electron chi connectivity index (χ2n) is 6.93. The number of nitrogens with zero attached hydrogens (tertiary/aromatic N) is 4. The van der Waals surface area contributed by atoms with Gasteiger partial charge >= 0.3 is 0 Å². The van der Waals surface area contributed by atoms with Crippen LogP contribution in [0.5, 0.6) is 0 Å². The van der Waals surface area contributed by atoms with Crippen molar-refractivity contribution in [3.05, 3.63) is 46.2 Å². The first-order chi connectivity index (χ1) is 11.6. The van der Waals surface area contributed by atoms with Crippen molar-refractivity contribution in [1.82, 2.24) is 19.8 Å². The summed E-state index contributed by atoms with van der Waals surface area (Å²) in [4.78, 5) is 26.0. The van der Waals surface area contributed by atoms with Gasteiger partial charge in [0.15, 0.2) is 0 Å². The lowest BCUT2D eigenvalue weighted by Gasteiger charge is -2.23. The van der Waals surface area contributed by atoms with Crippen LogP contribution in [0.25, 0.3) is 0 Å². The summed E-state index contributed by atoms with van der Waals surface area (Å²) in [6, 6.07) is 4.11. The Hall–Kier alpha value is -1.79. The maximum absolute atomic E-state index is 13.0. The number of hydrogen-bond acceptors (Lipinski definition) is 5. The Morgan fingerprint density at radius 1 is 1.21 bits per heavy atom. The molecule has 0 N–H and O–H groups in total. The molecule has 0 unspecified atom stereocenters. The molecular weight excluding hydrogens is 320 g/mol. The van der Waals surface area contributed by atoms with Crippen LogP contribution in [-0.2, 0) is 17.9 Å². The SMILES string of the molecule is Cc1nc(CN2CC[C@]3(CCN(Cc4ccncc4)C3)C2=O)cs1. The number of amides is 1. The fourth-order valence-electron chi connectivity index (χ4n) is 3.94. The van der Waals surface area contributed by atoms with Gasteiger partial charge in [-0.15, -0.1) is 11.3 Å². The summed E-state index contributed by atoms with van der Waals surface area (Å²) in [7, 11) is 0. The molecule has 1 amide bonds. The van der Waals surface area contributed by atoms with Crippen LogP contribution < -0.4 is 0 Å². The van der Waals surface area contributed by atoms with E-state index in [4.69, 9.17) is 0 Å². The molecule has 2 aromatic rings. The number of rotatable bonds is 4. The van der Waals surface area contributed by atoms with Crippen LogP contribution >= 0.6 is 11.3 Å². The smallest absolute Gasteiger partial charge is 0.230 e. The van der Waals surface area contributed by atoms with Crippen molar-refractivity contribution in [2.45, 2.75) is 32.9 Å². The van der Waals surface area contributed by atoms with Crippen LogP contribution in [0.1, 0.15) is 29.1 Å². The van der Waals surface area contributed by atoms with E-state index in [9.17, 15) is 4.79 Å². The molecule has 1 spiro atoms. The molecule has 24 heavy (non-hydrogen) atoms. The molecule has 4 heterocycles. The quantitative estimate of drug-likeness (QED) is 0.856. The van der Waals surface area contributed by atoms with Gasteiger partial charge in [0.25, 0.3) is 0 Å². The molecule has 2 fully saturated rings. The topological polar surface area (TPSA) is 49.3 Å². The summed E-state index contributed by atoms with van der Waals surface area (Å²) in [5, 5.41) is 3.13. The molecule has 2 aliphatic heterocycles. The molecule has 126 valence electrons. The van der Waals surface area contributed by atoms with Crippen molar-refractivity contribution >= 4 is 17.2 Å². The van der Waals surface area contributed by atoms with Crippen LogP contribution in [0, 0.1) is 12.3 Å². The van der Waals surface area contributed by atoms with E-state index in [1.807, 2.05) is 24.2 Å². The second-order valence-corrected chi connectivity index (χ2v) is 7.99. The lowest BCUT2D eigenvalue weighted by Crippen LogP contribution is -2.36. The molecule has 2 aromatic heterocycles. The highest BCUT2D eigenvalue weighted by Crippen LogP contribution is 2.41. The first kappa shape index (κ1) is 15.7. The average molecular weight is 342 g/mol. The molecule has 2 aliphatic rings. The normalized spacial score (nSPS) is 24.4. The standard InChI is InChI=1S/C18H22N4OS/c1-14-20-16(12-24-14)11-22-9-5-18(17(22)23)4-8-21(13-18)10-15-2-6-19-7-3-15/h2-3,6-7,12H,4-5,8-11,13H2,1H3/t18-/m0/s1. The zero-order valence-electron chi connectivity index (χ0n) is 13.9. The van der Waals surface area contributed by atoms with Crippen molar-refractivity contribution < 1.29 is 4.79 Å². The van der Waals surface area contributed by atoms with Gasteiger partial charge in [-0.2, -0.15) is 0 Å². The number of pyridine rings is 1. The van der Waals surface area contributed by atoms with Crippen LogP contribution in [0.2, 0.25) is 0 Å². The Kier molecular flexibility index (Phi) is 4.10. The third kappa shape index (κ3) is 2.96. The average Bonchev–Trinajstić information content (AvgIpc) is 3.26. The van der Waals surface area contributed by atoms with Crippen molar-refractivity contribution in [1.29, 1.82) is 0 Å². The molecule has 0 saturated carbocycles. The van der Waals surface area contributed by atoms with Gasteiger partial charge in [-0.3, -0.25) is 14.7 Å². The summed E-state index contributed by atoms with van der Waals surface area (Å²) >= 11 is 1.65. The first-order valence-electron chi connectivity index (χ1n) is 8.46. The van der Waals surface area contributed by atoms with E-state index in [1.165, 1.54) is 5.56 Å². The molecule has 0 aromatic carbocycles. The number of carbonyl (C=O) groups excluding carboxylic acids is 1. The van der Waals surface area contributed by atoms with Crippen molar-refractivity contribution in [2.24, 2.45) is 5.41 Å². The third-order valence-corrected chi connectivity index (χ3v) is 6.03. The molecule has 0 bridgehead atoms. The first-order valence-corrected chi connectivity index (χ1v) is 9.34. The molecule has 1 atom stereocenters. The summed E-state index contributed by atoms with van der Waals surface area (Å²) in [5.74, 6) is 0.324. The van der Waals surface area contributed by atoms with E-state index >= 15 is 0 Å². The van der Waals surface area contributed by atoms with E-state index in [0.717, 1.165) is 49.7 Å². The Morgan fingerprint density at radius 3 is 2.75 bits per heavy atom. The maximum atomic E-state index is 13.0. The molecule has 2 saturated heterocycles. The molecular formula is C18H22N4OS. The predicted octanol–water partition coefficient (Wildman–Crippen LogP) is 2.47. The molecule has 0 aliphatic carbocycles. The lowest BCUT2D eigenvalue weighted by molar-refractivity contribution is -0.136. The Labute approximate surface area is 146 Å². The minimum atomic E-state index is -0.169. The van der Waals surface area contributed by atoms with Crippen LogP contribution in [0.4, 0.5) is 0 Å². The number of aryl methyl sites for hydroxylation is 1. The van der Waals surface area contributed by atoms with Gasteiger partial charge in [0.05, 0.1) is 22.7 Å². The Morgan fingerprint density at radius 2 is 2.00 bits per heavy atom. The van der Waals surface area contributed by atoms with Crippen LogP contribution in [0.15, 0.2) is 29.9 Å². The number of carbonyl (C=O) groups is 1. The van der Waals surface area contributed by atoms with E-state index in [2.05, 4.69) is 32.4 Å². The maximum Gasteiger partial charge on any atom is 0.230 e. The van der Waals surface area contributed by atoms with E-state index < -0.39 is 0 Å². The zero-order chi connectivity index (χ0) is 16.6. The monoisotopic (exact) mass is 342 g/mol. The second kappa shape index (κ2) is 6.26. The number of thiazole rings is 1. The lowest BCUT2D eigenvalue weighted by atomic mass is 9.85. The highest BCUT2D eigenvalue weighted by atomic mass is 32.1. The van der Waals surface area contributed by atoms with Gasteiger partial charge in [0.1, 0.15) is 0 Å². The van der Waals surface area contributed by atoms with Gasteiger partial charge in [-0.25, -0.2) is 4.98 Å². The summed E-state index contributed by atoms with van der Waals surface area (Å²) in [5.41, 5.74) is 2.12. The third-order valence-electron chi connectivity index (χ3n) is 5.21. The van der Waals surface area contributed by atoms with Crippen molar-refractivity contribution in [3.63, 3.8) is 0 Å². The highest BCUT2D eigenvalue weighted by molar-refractivity contribution is 7.09. The predicted molar refractivity (Wildman–Crippen MR) is 93.4 cm³/mol. The molecule has 6 heteroatoms. The van der Waals surface area contributed by atoms with Gasteiger partial charge < -0.3 is 4.90 Å². The van der Waals surface area contributed by atoms with Crippen molar-refractivity contribution in [3.8, 4) is 0 Å². The minimum Gasteiger partial charge on any atom is -0.336 e. The Bertz CT molecular complexity index is 732. The largest absolute Gasteiger partial charge is 0.336 e. The minimum absolute atomic E-state index is 0.169. The van der Waals surface area contributed by atoms with Gasteiger partial charge in [-0.05, 0) is 44.0 Å². The Balaban J connectivity index is 1.40. The van der Waals surface area contributed by atoms with Gasteiger partial charge in [-0.1, -0.05) is 0 Å². The fourth-order valence-corrected chi connectivity index (χ4v) is 4.54. The number of hydrogen-bond donors (Lipinski definition) is 0. The van der Waals surface area contributed by atoms with Crippen LogP contribution in [-0.4, -0.2) is 45.3 Å². The van der Waals surface area contributed by atoms with E-state index in [-0.39, 0.29) is 5.41 Å². The zero-order valence-corrected chi connectivity index (χ0v) is 14.8. The summed E-state index contributed by atoms with van der Waals surface area (Å²) < 4.78 is 0. The van der Waals surface area contributed by atoms with Gasteiger partial charge in [0.2, 0.25) is 5.91 Å². The summed E-state index contributed by atoms with van der Waals surface area (Å²) in [6.07, 6.45) is 5.62. The summed E-state index contributed by atoms with van der Waals surface area (Å²) in [6.45, 7) is 6.31. The fraction of sp³-hybridized carbons (Fsp3) is 0.500. The molecule has 4 rings (SSSR count). The number of aromatic nitrogens is 2. The molecule has 5 nitrogen and oxygen atoms in total. The van der Waals surface area contributed by atoms with Gasteiger partial charge in [0, 0.05) is 37.4 Å². The molecule has 0 radical (unpaired) electrons.